The summed E-state index contributed by atoms with van der Waals surface area (Å²) in [5.74, 6) is -0.0844. The van der Waals surface area contributed by atoms with Crippen LogP contribution in [0.5, 0.6) is 0 Å². The number of rotatable bonds is 6. The van der Waals surface area contributed by atoms with Crippen molar-refractivity contribution < 1.29 is 13.2 Å². The molecule has 3 rings (SSSR count). The van der Waals surface area contributed by atoms with E-state index in [-0.39, 0.29) is 18.4 Å². The summed E-state index contributed by atoms with van der Waals surface area (Å²) in [6, 6.07) is 11.2. The van der Waals surface area contributed by atoms with Crippen LogP contribution in [0.3, 0.4) is 0 Å². The number of hydrogen-bond acceptors (Lipinski definition) is 4. The summed E-state index contributed by atoms with van der Waals surface area (Å²) in [6.45, 7) is 4.96. The number of carbonyl (C=O) groups is 1. The third kappa shape index (κ3) is 4.42. The van der Waals surface area contributed by atoms with Crippen LogP contribution in [0.4, 0.5) is 5.69 Å². The molecule has 0 spiro atoms. The second kappa shape index (κ2) is 8.54. The largest absolute Gasteiger partial charge is 0.326 e. The molecule has 5 nitrogen and oxygen atoms in total. The van der Waals surface area contributed by atoms with E-state index in [0.29, 0.717) is 29.5 Å². The van der Waals surface area contributed by atoms with Crippen LogP contribution in [-0.4, -0.2) is 31.7 Å². The standard InChI is InChI=1S/C20H26N2O3S2/c1-3-15(2)17-9-4-5-10-18(17)21-20(23)16-8-6-12-22(14-16)27(24,25)19-11-7-13-26-19/h4-5,7,9-11,13,15-16H,3,6,8,12,14H2,1-2H3,(H,21,23)/t15-,16-/m1/s1. The number of thiophene rings is 1. The van der Waals surface area contributed by atoms with Gasteiger partial charge in [-0.2, -0.15) is 4.31 Å². The Morgan fingerprint density at radius 1 is 1.30 bits per heavy atom. The first-order valence-corrected chi connectivity index (χ1v) is 11.7. The van der Waals surface area contributed by atoms with Crippen LogP contribution in [0.2, 0.25) is 0 Å². The minimum atomic E-state index is -3.51. The highest BCUT2D eigenvalue weighted by atomic mass is 32.2. The van der Waals surface area contributed by atoms with Gasteiger partial charge in [0.15, 0.2) is 0 Å². The average Bonchev–Trinajstić information content (AvgIpc) is 3.23. The van der Waals surface area contributed by atoms with Gasteiger partial charge in [-0.05, 0) is 48.3 Å². The molecule has 0 unspecified atom stereocenters. The second-order valence-electron chi connectivity index (χ2n) is 7.02. The Morgan fingerprint density at radius 3 is 2.78 bits per heavy atom. The summed E-state index contributed by atoms with van der Waals surface area (Å²) in [5.41, 5.74) is 1.95. The average molecular weight is 407 g/mol. The minimum absolute atomic E-state index is 0.100. The van der Waals surface area contributed by atoms with Gasteiger partial charge in [-0.25, -0.2) is 8.42 Å². The molecule has 1 amide bonds. The van der Waals surface area contributed by atoms with Gasteiger partial charge in [-0.1, -0.05) is 38.1 Å². The number of anilines is 1. The first-order chi connectivity index (χ1) is 12.9. The Morgan fingerprint density at radius 2 is 2.07 bits per heavy atom. The van der Waals surface area contributed by atoms with E-state index in [9.17, 15) is 13.2 Å². The highest BCUT2D eigenvalue weighted by Crippen LogP contribution is 2.29. The number of carbonyl (C=O) groups excluding carboxylic acids is 1. The maximum Gasteiger partial charge on any atom is 0.252 e. The van der Waals surface area contributed by atoms with Crippen LogP contribution in [0.15, 0.2) is 46.0 Å². The molecule has 7 heteroatoms. The Hall–Kier alpha value is -1.70. The molecule has 0 saturated carbocycles. The van der Waals surface area contributed by atoms with Gasteiger partial charge in [0.25, 0.3) is 10.0 Å². The number of amides is 1. The molecule has 2 atom stereocenters. The summed E-state index contributed by atoms with van der Waals surface area (Å²) >= 11 is 1.21. The lowest BCUT2D eigenvalue weighted by atomic mass is 9.95. The third-order valence-electron chi connectivity index (χ3n) is 5.21. The fourth-order valence-corrected chi connectivity index (χ4v) is 6.08. The first kappa shape index (κ1) is 20.0. The maximum atomic E-state index is 12.9. The number of nitrogens with one attached hydrogen (secondary N) is 1. The highest BCUT2D eigenvalue weighted by Gasteiger charge is 2.34. The first-order valence-electron chi connectivity index (χ1n) is 9.37. The van der Waals surface area contributed by atoms with Crippen molar-refractivity contribution in [3.63, 3.8) is 0 Å². The van der Waals surface area contributed by atoms with Crippen LogP contribution in [0, 0.1) is 5.92 Å². The van der Waals surface area contributed by atoms with Crippen molar-refractivity contribution in [2.75, 3.05) is 18.4 Å². The smallest absolute Gasteiger partial charge is 0.252 e. The maximum absolute atomic E-state index is 12.9. The van der Waals surface area contributed by atoms with E-state index in [1.807, 2.05) is 24.3 Å². The van der Waals surface area contributed by atoms with Gasteiger partial charge in [0, 0.05) is 18.8 Å². The van der Waals surface area contributed by atoms with Crippen LogP contribution >= 0.6 is 11.3 Å². The summed E-state index contributed by atoms with van der Waals surface area (Å²) in [6.07, 6.45) is 2.38. The van der Waals surface area contributed by atoms with Gasteiger partial charge in [-0.15, -0.1) is 11.3 Å². The lowest BCUT2D eigenvalue weighted by molar-refractivity contribution is -0.120. The minimum Gasteiger partial charge on any atom is -0.326 e. The quantitative estimate of drug-likeness (QED) is 0.778. The Balaban J connectivity index is 1.73. The highest BCUT2D eigenvalue weighted by molar-refractivity contribution is 7.91. The van der Waals surface area contributed by atoms with Crippen molar-refractivity contribution in [1.29, 1.82) is 0 Å². The molecule has 1 saturated heterocycles. The van der Waals surface area contributed by atoms with Crippen molar-refractivity contribution in [2.24, 2.45) is 5.92 Å². The summed E-state index contributed by atoms with van der Waals surface area (Å²) in [7, 11) is -3.51. The Kier molecular flexibility index (Phi) is 6.34. The van der Waals surface area contributed by atoms with Gasteiger partial charge in [-0.3, -0.25) is 4.79 Å². The van der Waals surface area contributed by atoms with Crippen LogP contribution in [0.25, 0.3) is 0 Å². The Labute approximate surface area is 165 Å². The van der Waals surface area contributed by atoms with Gasteiger partial charge in [0.2, 0.25) is 5.91 Å². The van der Waals surface area contributed by atoms with Gasteiger partial charge >= 0.3 is 0 Å². The summed E-state index contributed by atoms with van der Waals surface area (Å²) in [4.78, 5) is 12.9. The second-order valence-corrected chi connectivity index (χ2v) is 10.1. The molecule has 146 valence electrons. The molecule has 1 aromatic heterocycles. The Bertz CT molecular complexity index is 878. The zero-order chi connectivity index (χ0) is 19.4. The number of para-hydroxylation sites is 1. The molecule has 0 radical (unpaired) electrons. The van der Waals surface area contributed by atoms with E-state index in [1.54, 1.807) is 17.5 Å². The molecule has 27 heavy (non-hydrogen) atoms. The predicted molar refractivity (Wildman–Crippen MR) is 110 cm³/mol. The van der Waals surface area contributed by atoms with Gasteiger partial charge in [0.05, 0.1) is 5.92 Å². The van der Waals surface area contributed by atoms with E-state index in [0.717, 1.165) is 17.7 Å². The van der Waals surface area contributed by atoms with E-state index >= 15 is 0 Å². The molecule has 0 bridgehead atoms. The van der Waals surface area contributed by atoms with E-state index in [2.05, 4.69) is 19.2 Å². The van der Waals surface area contributed by atoms with E-state index in [1.165, 1.54) is 15.6 Å². The van der Waals surface area contributed by atoms with Crippen LogP contribution < -0.4 is 5.32 Å². The number of nitrogens with zero attached hydrogens (tertiary/aromatic N) is 1. The number of sulfonamides is 1. The van der Waals surface area contributed by atoms with Gasteiger partial charge in [0.1, 0.15) is 4.21 Å². The number of benzene rings is 1. The number of piperidine rings is 1. The van der Waals surface area contributed by atoms with Crippen LogP contribution in [0.1, 0.15) is 44.6 Å². The summed E-state index contributed by atoms with van der Waals surface area (Å²) < 4.78 is 27.3. The molecular weight excluding hydrogens is 380 g/mol. The van der Waals surface area contributed by atoms with Crippen molar-refractivity contribution in [3.8, 4) is 0 Å². The van der Waals surface area contributed by atoms with Crippen molar-refractivity contribution in [3.05, 3.63) is 47.3 Å². The van der Waals surface area contributed by atoms with Gasteiger partial charge < -0.3 is 5.32 Å². The molecule has 2 heterocycles. The zero-order valence-corrected chi connectivity index (χ0v) is 17.4. The molecule has 2 aromatic rings. The molecule has 1 aliphatic heterocycles. The molecule has 1 aliphatic rings. The number of hydrogen-bond donors (Lipinski definition) is 1. The predicted octanol–water partition coefficient (Wildman–Crippen LogP) is 4.30. The molecule has 0 aliphatic carbocycles. The van der Waals surface area contributed by atoms with Crippen molar-refractivity contribution in [1.82, 2.24) is 4.31 Å². The van der Waals surface area contributed by atoms with Crippen molar-refractivity contribution in [2.45, 2.75) is 43.2 Å². The third-order valence-corrected chi connectivity index (χ3v) is 8.44. The SMILES string of the molecule is CC[C@@H](C)c1ccccc1NC(=O)[C@@H]1CCCN(S(=O)(=O)c2cccs2)C1. The molecule has 1 fully saturated rings. The lowest BCUT2D eigenvalue weighted by Gasteiger charge is -2.31. The molecule has 1 N–H and O–H groups in total. The molecular formula is C20H26N2O3S2. The van der Waals surface area contributed by atoms with Crippen LogP contribution in [-0.2, 0) is 14.8 Å². The van der Waals surface area contributed by atoms with E-state index in [4.69, 9.17) is 0 Å². The fraction of sp³-hybridized carbons (Fsp3) is 0.450. The monoisotopic (exact) mass is 406 g/mol. The van der Waals surface area contributed by atoms with Crippen molar-refractivity contribution >= 4 is 33.0 Å². The van der Waals surface area contributed by atoms with E-state index < -0.39 is 10.0 Å². The normalized spacial score (nSPS) is 19.6. The summed E-state index contributed by atoms with van der Waals surface area (Å²) in [5, 5.41) is 4.80. The lowest BCUT2D eigenvalue weighted by Crippen LogP contribution is -2.43. The fourth-order valence-electron chi connectivity index (χ4n) is 3.41. The molecule has 1 aromatic carbocycles. The zero-order valence-electron chi connectivity index (χ0n) is 15.7. The topological polar surface area (TPSA) is 66.5 Å².